The van der Waals surface area contributed by atoms with Crippen molar-refractivity contribution in [3.63, 3.8) is 0 Å². The summed E-state index contributed by atoms with van der Waals surface area (Å²) in [7, 11) is -1.27. The van der Waals surface area contributed by atoms with E-state index in [0.29, 0.717) is 11.3 Å². The maximum Gasteiger partial charge on any atom is 0.305 e. The van der Waals surface area contributed by atoms with Gasteiger partial charge in [0.25, 0.3) is 0 Å². The number of carbonyl (C=O) groups is 1. The Morgan fingerprint density at radius 3 is 2.36 bits per heavy atom. The number of aliphatic carboxylic acids is 1. The number of benzene rings is 2. The predicted octanol–water partition coefficient (Wildman–Crippen LogP) is 2.20. The van der Waals surface area contributed by atoms with Crippen LogP contribution in [0.1, 0.15) is 18.0 Å². The van der Waals surface area contributed by atoms with Crippen LogP contribution >= 0.6 is 0 Å². The summed E-state index contributed by atoms with van der Waals surface area (Å²) in [6, 6.07) is 12.0. The summed E-state index contributed by atoms with van der Waals surface area (Å²) in [5.74, 6) is -0.639. The normalized spacial score (nSPS) is 12.4. The molecule has 0 aliphatic rings. The molecule has 0 aliphatic carbocycles. The Balaban J connectivity index is 2.42. The van der Waals surface area contributed by atoms with Crippen LogP contribution in [0.2, 0.25) is 0 Å². The van der Waals surface area contributed by atoms with E-state index >= 15 is 0 Å². The van der Waals surface area contributed by atoms with Crippen molar-refractivity contribution in [1.82, 2.24) is 4.72 Å². The highest BCUT2D eigenvalue weighted by atomic mass is 32.2. The van der Waals surface area contributed by atoms with Gasteiger partial charge in [-0.1, -0.05) is 30.3 Å². The highest BCUT2D eigenvalue weighted by molar-refractivity contribution is 7.89. The van der Waals surface area contributed by atoms with Gasteiger partial charge in [-0.25, -0.2) is 13.1 Å². The Bertz CT molecular complexity index is 835. The van der Waals surface area contributed by atoms with Gasteiger partial charge in [0.1, 0.15) is 16.4 Å². The molecule has 0 aliphatic heterocycles. The lowest BCUT2D eigenvalue weighted by Gasteiger charge is -2.19. The first-order chi connectivity index (χ1) is 11.9. The van der Waals surface area contributed by atoms with E-state index in [4.69, 9.17) is 14.6 Å². The molecule has 2 aromatic carbocycles. The van der Waals surface area contributed by atoms with Crippen molar-refractivity contribution in [2.24, 2.45) is 0 Å². The Morgan fingerprint density at radius 2 is 1.80 bits per heavy atom. The molecule has 8 heteroatoms. The molecule has 0 aromatic heterocycles. The summed E-state index contributed by atoms with van der Waals surface area (Å²) >= 11 is 0. The maximum atomic E-state index is 12.8. The lowest BCUT2D eigenvalue weighted by atomic mass is 10.1. The SMILES string of the molecule is COc1ccc(OC)c(S(=O)(=O)N[C@H](CC(=O)O)c2ccccc2)c1. The first-order valence-corrected chi connectivity index (χ1v) is 8.87. The van der Waals surface area contributed by atoms with Gasteiger partial charge < -0.3 is 14.6 Å². The minimum absolute atomic E-state index is 0.124. The number of rotatable bonds is 8. The first kappa shape index (κ1) is 18.8. The molecule has 1 atom stereocenters. The summed E-state index contributed by atoms with van der Waals surface area (Å²) in [6.07, 6.45) is -0.393. The van der Waals surface area contributed by atoms with Crippen molar-refractivity contribution in [2.45, 2.75) is 17.4 Å². The third kappa shape index (κ3) is 4.71. The number of hydrogen-bond donors (Lipinski definition) is 2. The van der Waals surface area contributed by atoms with Crippen LogP contribution in [0.25, 0.3) is 0 Å². The van der Waals surface area contributed by atoms with Gasteiger partial charge in [-0.05, 0) is 17.7 Å². The van der Waals surface area contributed by atoms with E-state index in [9.17, 15) is 13.2 Å². The van der Waals surface area contributed by atoms with Gasteiger partial charge in [0, 0.05) is 6.07 Å². The highest BCUT2D eigenvalue weighted by Gasteiger charge is 2.26. The molecule has 0 heterocycles. The van der Waals surface area contributed by atoms with E-state index in [-0.39, 0.29) is 10.6 Å². The van der Waals surface area contributed by atoms with Crippen LogP contribution in [0.5, 0.6) is 11.5 Å². The van der Waals surface area contributed by atoms with Crippen molar-refractivity contribution in [3.05, 3.63) is 54.1 Å². The number of ether oxygens (including phenoxy) is 2. The number of nitrogens with one attached hydrogen (secondary N) is 1. The van der Waals surface area contributed by atoms with Crippen LogP contribution in [-0.2, 0) is 14.8 Å². The third-order valence-electron chi connectivity index (χ3n) is 3.54. The van der Waals surface area contributed by atoms with E-state index in [1.807, 2.05) is 0 Å². The Hall–Kier alpha value is -2.58. The molecule has 0 saturated heterocycles. The first-order valence-electron chi connectivity index (χ1n) is 7.38. The topological polar surface area (TPSA) is 102 Å². The second kappa shape index (κ2) is 8.00. The summed E-state index contributed by atoms with van der Waals surface area (Å²) in [5, 5.41) is 9.12. The monoisotopic (exact) mass is 365 g/mol. The molecular weight excluding hydrogens is 346 g/mol. The summed E-state index contributed by atoms with van der Waals surface area (Å²) in [6.45, 7) is 0. The molecule has 134 valence electrons. The number of sulfonamides is 1. The van der Waals surface area contributed by atoms with Crippen LogP contribution < -0.4 is 14.2 Å². The molecule has 0 radical (unpaired) electrons. The Kier molecular flexibility index (Phi) is 6.00. The molecule has 2 N–H and O–H groups in total. The fourth-order valence-electron chi connectivity index (χ4n) is 2.33. The second-order valence-corrected chi connectivity index (χ2v) is 6.88. The molecule has 0 saturated carbocycles. The van der Waals surface area contributed by atoms with Crippen molar-refractivity contribution in [1.29, 1.82) is 0 Å². The van der Waals surface area contributed by atoms with Crippen LogP contribution in [0.4, 0.5) is 0 Å². The van der Waals surface area contributed by atoms with Crippen LogP contribution in [0, 0.1) is 0 Å². The molecule has 0 spiro atoms. The lowest BCUT2D eigenvalue weighted by molar-refractivity contribution is -0.137. The average Bonchev–Trinajstić information content (AvgIpc) is 2.60. The van der Waals surface area contributed by atoms with Gasteiger partial charge in [0.2, 0.25) is 10.0 Å². The predicted molar refractivity (Wildman–Crippen MR) is 91.3 cm³/mol. The molecule has 2 aromatic rings. The minimum Gasteiger partial charge on any atom is -0.497 e. The van der Waals surface area contributed by atoms with Crippen LogP contribution in [0.3, 0.4) is 0 Å². The average molecular weight is 365 g/mol. The van der Waals surface area contributed by atoms with Crippen molar-refractivity contribution < 1.29 is 27.8 Å². The highest BCUT2D eigenvalue weighted by Crippen LogP contribution is 2.30. The van der Waals surface area contributed by atoms with E-state index in [1.165, 1.54) is 26.4 Å². The quantitative estimate of drug-likeness (QED) is 0.744. The van der Waals surface area contributed by atoms with Crippen molar-refractivity contribution in [3.8, 4) is 11.5 Å². The molecule has 7 nitrogen and oxygen atoms in total. The molecule has 0 bridgehead atoms. The smallest absolute Gasteiger partial charge is 0.305 e. The van der Waals surface area contributed by atoms with Gasteiger partial charge in [-0.15, -0.1) is 0 Å². The molecule has 25 heavy (non-hydrogen) atoms. The maximum absolute atomic E-state index is 12.8. The molecule has 0 unspecified atom stereocenters. The molecule has 2 rings (SSSR count). The van der Waals surface area contributed by atoms with Gasteiger partial charge in [0.15, 0.2) is 0 Å². The number of hydrogen-bond acceptors (Lipinski definition) is 5. The lowest BCUT2D eigenvalue weighted by Crippen LogP contribution is -2.30. The Labute approximate surface area is 146 Å². The van der Waals surface area contributed by atoms with Gasteiger partial charge in [0.05, 0.1) is 26.7 Å². The fraction of sp³-hybridized carbons (Fsp3) is 0.235. The number of carboxylic acid groups (broad SMARTS) is 1. The molecule has 0 fully saturated rings. The zero-order valence-corrected chi connectivity index (χ0v) is 14.6. The summed E-state index contributed by atoms with van der Waals surface area (Å²) < 4.78 is 38.2. The van der Waals surface area contributed by atoms with E-state index in [1.54, 1.807) is 36.4 Å². The Morgan fingerprint density at radius 1 is 1.12 bits per heavy atom. The third-order valence-corrected chi connectivity index (χ3v) is 5.03. The zero-order valence-electron chi connectivity index (χ0n) is 13.8. The number of carboxylic acids is 1. The van der Waals surface area contributed by atoms with Gasteiger partial charge in [-0.2, -0.15) is 0 Å². The largest absolute Gasteiger partial charge is 0.497 e. The summed E-state index contributed by atoms with van der Waals surface area (Å²) in [5.41, 5.74) is 0.551. The fourth-order valence-corrected chi connectivity index (χ4v) is 3.74. The van der Waals surface area contributed by atoms with E-state index < -0.39 is 28.5 Å². The standard InChI is InChI=1S/C17H19NO6S/c1-23-13-8-9-15(24-2)16(10-13)25(21,22)18-14(11-17(19)20)12-6-4-3-5-7-12/h3-10,14,18H,11H2,1-2H3,(H,19,20)/t14-/m1/s1. The summed E-state index contributed by atoms with van der Waals surface area (Å²) in [4.78, 5) is 11.0. The van der Waals surface area contributed by atoms with Gasteiger partial charge in [-0.3, -0.25) is 4.79 Å². The van der Waals surface area contributed by atoms with Crippen LogP contribution in [-0.4, -0.2) is 33.7 Å². The van der Waals surface area contributed by atoms with E-state index in [2.05, 4.69) is 4.72 Å². The minimum atomic E-state index is -4.05. The molecular formula is C17H19NO6S. The number of methoxy groups -OCH3 is 2. The zero-order chi connectivity index (χ0) is 18.4. The van der Waals surface area contributed by atoms with Crippen molar-refractivity contribution >= 4 is 16.0 Å². The van der Waals surface area contributed by atoms with E-state index in [0.717, 1.165) is 0 Å². The van der Waals surface area contributed by atoms with Gasteiger partial charge >= 0.3 is 5.97 Å². The van der Waals surface area contributed by atoms with Crippen molar-refractivity contribution in [2.75, 3.05) is 14.2 Å². The second-order valence-electron chi connectivity index (χ2n) is 5.20. The van der Waals surface area contributed by atoms with Crippen LogP contribution in [0.15, 0.2) is 53.4 Å². The molecule has 0 amide bonds.